The lowest BCUT2D eigenvalue weighted by atomic mass is 10.1. The number of fused-ring (bicyclic) bond motifs is 1. The smallest absolute Gasteiger partial charge is 0.325 e. The average Bonchev–Trinajstić information content (AvgIpc) is 2.53. The maximum atomic E-state index is 10.9. The summed E-state index contributed by atoms with van der Waals surface area (Å²) < 4.78 is 6.07. The third-order valence-electron chi connectivity index (χ3n) is 3.69. The first-order valence-corrected chi connectivity index (χ1v) is 7.85. The van der Waals surface area contributed by atoms with Gasteiger partial charge in [0.2, 0.25) is 0 Å². The monoisotopic (exact) mass is 341 g/mol. The molecule has 0 saturated carbocycles. The molecule has 0 unspecified atom stereocenters. The van der Waals surface area contributed by atoms with Crippen LogP contribution in [0.3, 0.4) is 0 Å². The van der Waals surface area contributed by atoms with Gasteiger partial charge in [0.25, 0.3) is 0 Å². The Hall–Kier alpha value is -2.59. The molecule has 24 heavy (non-hydrogen) atoms. The number of aliphatic carboxylic acids is 1. The summed E-state index contributed by atoms with van der Waals surface area (Å²) in [6.07, 6.45) is 0. The standard InChI is InChI=1S/C19H16ClNO3/c1-11-7-12(2)19-15(8-11)16(21-10-18(22)23)9-17(24-19)13-3-5-14(20)6-4-13/h3-9H,10H2,1-2H3,(H,22,23). The summed E-state index contributed by atoms with van der Waals surface area (Å²) in [5.41, 5.74) is 3.61. The van der Waals surface area contributed by atoms with Crippen LogP contribution in [0, 0.1) is 13.8 Å². The van der Waals surface area contributed by atoms with Crippen molar-refractivity contribution in [3.63, 3.8) is 0 Å². The van der Waals surface area contributed by atoms with Crippen molar-refractivity contribution in [2.75, 3.05) is 6.54 Å². The van der Waals surface area contributed by atoms with Crippen LogP contribution >= 0.6 is 11.6 Å². The Morgan fingerprint density at radius 1 is 1.17 bits per heavy atom. The molecule has 122 valence electrons. The van der Waals surface area contributed by atoms with Gasteiger partial charge in [-0.15, -0.1) is 0 Å². The van der Waals surface area contributed by atoms with E-state index in [1.807, 2.05) is 38.1 Å². The van der Waals surface area contributed by atoms with Gasteiger partial charge in [-0.25, -0.2) is 0 Å². The third kappa shape index (κ3) is 3.34. The molecule has 0 aliphatic rings. The largest absolute Gasteiger partial charge is 0.480 e. The van der Waals surface area contributed by atoms with E-state index in [4.69, 9.17) is 21.1 Å². The summed E-state index contributed by atoms with van der Waals surface area (Å²) in [5.74, 6) is -0.350. The number of halogens is 1. The van der Waals surface area contributed by atoms with Gasteiger partial charge in [0.1, 0.15) is 17.9 Å². The molecule has 1 aromatic heterocycles. The molecule has 0 fully saturated rings. The van der Waals surface area contributed by atoms with E-state index < -0.39 is 5.97 Å². The first-order valence-electron chi connectivity index (χ1n) is 7.47. The van der Waals surface area contributed by atoms with Gasteiger partial charge in [-0.1, -0.05) is 17.7 Å². The summed E-state index contributed by atoms with van der Waals surface area (Å²) in [6, 6.07) is 13.0. The number of carbonyl (C=O) groups is 1. The summed E-state index contributed by atoms with van der Waals surface area (Å²) in [4.78, 5) is 15.1. The van der Waals surface area contributed by atoms with E-state index in [1.165, 1.54) is 0 Å². The first kappa shape index (κ1) is 16.3. The van der Waals surface area contributed by atoms with Crippen LogP contribution in [0.5, 0.6) is 0 Å². The van der Waals surface area contributed by atoms with Crippen LogP contribution in [0.4, 0.5) is 0 Å². The lowest BCUT2D eigenvalue weighted by Gasteiger charge is -2.08. The number of hydrogen-bond donors (Lipinski definition) is 1. The molecule has 4 nitrogen and oxygen atoms in total. The van der Waals surface area contributed by atoms with Gasteiger partial charge in [-0.3, -0.25) is 9.79 Å². The third-order valence-corrected chi connectivity index (χ3v) is 3.94. The Bertz CT molecular complexity index is 988. The molecule has 1 heterocycles. The average molecular weight is 342 g/mol. The van der Waals surface area contributed by atoms with Crippen LogP contribution in [0.25, 0.3) is 22.3 Å². The van der Waals surface area contributed by atoms with Crippen LogP contribution < -0.4 is 5.36 Å². The molecule has 0 radical (unpaired) electrons. The summed E-state index contributed by atoms with van der Waals surface area (Å²) in [5, 5.41) is 11.0. The Balaban J connectivity index is 2.31. The second kappa shape index (κ2) is 6.49. The van der Waals surface area contributed by atoms with Crippen molar-refractivity contribution in [3.05, 3.63) is 64.0 Å². The van der Waals surface area contributed by atoms with E-state index in [0.717, 1.165) is 22.1 Å². The molecule has 0 aliphatic heterocycles. The van der Waals surface area contributed by atoms with Crippen LogP contribution in [0.1, 0.15) is 11.1 Å². The minimum atomic E-state index is -0.971. The lowest BCUT2D eigenvalue weighted by Crippen LogP contribution is -2.10. The molecule has 5 heteroatoms. The molecular weight excluding hydrogens is 326 g/mol. The van der Waals surface area contributed by atoms with E-state index in [1.54, 1.807) is 18.2 Å². The topological polar surface area (TPSA) is 62.8 Å². The number of carboxylic acids is 1. The highest BCUT2D eigenvalue weighted by atomic mass is 35.5. The van der Waals surface area contributed by atoms with Crippen molar-refractivity contribution in [2.24, 2.45) is 4.99 Å². The maximum Gasteiger partial charge on any atom is 0.325 e. The van der Waals surface area contributed by atoms with Gasteiger partial charge in [-0.2, -0.15) is 0 Å². The quantitative estimate of drug-likeness (QED) is 0.770. The number of nitrogens with zero attached hydrogens (tertiary/aromatic N) is 1. The molecule has 0 saturated heterocycles. The van der Waals surface area contributed by atoms with Gasteiger partial charge in [0.15, 0.2) is 0 Å². The second-order valence-corrected chi connectivity index (χ2v) is 6.11. The van der Waals surface area contributed by atoms with Gasteiger partial charge in [-0.05, 0) is 55.3 Å². The van der Waals surface area contributed by atoms with Crippen molar-refractivity contribution in [1.82, 2.24) is 0 Å². The van der Waals surface area contributed by atoms with Crippen molar-refractivity contribution in [2.45, 2.75) is 13.8 Å². The zero-order valence-electron chi connectivity index (χ0n) is 13.3. The number of rotatable bonds is 3. The van der Waals surface area contributed by atoms with E-state index in [2.05, 4.69) is 4.99 Å². The molecule has 0 atom stereocenters. The first-order chi connectivity index (χ1) is 11.4. The van der Waals surface area contributed by atoms with E-state index in [-0.39, 0.29) is 6.54 Å². The fourth-order valence-electron chi connectivity index (χ4n) is 2.66. The highest BCUT2D eigenvalue weighted by Gasteiger charge is 2.09. The van der Waals surface area contributed by atoms with Crippen LogP contribution in [0.2, 0.25) is 5.02 Å². The summed E-state index contributed by atoms with van der Waals surface area (Å²) >= 11 is 5.94. The highest BCUT2D eigenvalue weighted by Crippen LogP contribution is 2.26. The normalized spacial score (nSPS) is 11.9. The molecule has 1 N–H and O–H groups in total. The molecule has 0 spiro atoms. The minimum absolute atomic E-state index is 0.286. The lowest BCUT2D eigenvalue weighted by molar-refractivity contribution is -0.135. The van der Waals surface area contributed by atoms with E-state index >= 15 is 0 Å². The fourth-order valence-corrected chi connectivity index (χ4v) is 2.79. The number of hydrogen-bond acceptors (Lipinski definition) is 3. The molecule has 0 bridgehead atoms. The Morgan fingerprint density at radius 2 is 1.88 bits per heavy atom. The van der Waals surface area contributed by atoms with Gasteiger partial charge in [0, 0.05) is 22.0 Å². The summed E-state index contributed by atoms with van der Waals surface area (Å²) in [7, 11) is 0. The molecular formula is C19H16ClNO3. The van der Waals surface area contributed by atoms with Crippen LogP contribution in [-0.4, -0.2) is 17.6 Å². The number of aryl methyl sites for hydroxylation is 2. The predicted molar refractivity (Wildman–Crippen MR) is 94.2 cm³/mol. The van der Waals surface area contributed by atoms with Crippen molar-refractivity contribution >= 4 is 28.5 Å². The van der Waals surface area contributed by atoms with Crippen LogP contribution in [-0.2, 0) is 4.79 Å². The molecule has 0 aliphatic carbocycles. The minimum Gasteiger partial charge on any atom is -0.480 e. The fraction of sp³-hybridized carbons (Fsp3) is 0.158. The second-order valence-electron chi connectivity index (χ2n) is 5.67. The maximum absolute atomic E-state index is 10.9. The Kier molecular flexibility index (Phi) is 4.40. The zero-order chi connectivity index (χ0) is 17.3. The summed E-state index contributed by atoms with van der Waals surface area (Å²) in [6.45, 7) is 3.66. The van der Waals surface area contributed by atoms with Gasteiger partial charge < -0.3 is 9.52 Å². The highest BCUT2D eigenvalue weighted by molar-refractivity contribution is 6.30. The molecule has 3 rings (SSSR count). The molecule has 3 aromatic rings. The molecule has 0 amide bonds. The molecule has 2 aromatic carbocycles. The SMILES string of the molecule is Cc1cc(C)c2oc(-c3ccc(Cl)cc3)cc(=NCC(=O)O)c2c1. The van der Waals surface area contributed by atoms with Gasteiger partial charge >= 0.3 is 5.97 Å². The predicted octanol–water partition coefficient (Wildman–Crippen LogP) is 4.36. The van der Waals surface area contributed by atoms with Crippen molar-refractivity contribution in [3.8, 4) is 11.3 Å². The Morgan fingerprint density at radius 3 is 2.54 bits per heavy atom. The van der Waals surface area contributed by atoms with Crippen molar-refractivity contribution in [1.29, 1.82) is 0 Å². The van der Waals surface area contributed by atoms with Gasteiger partial charge in [0.05, 0.1) is 5.36 Å². The Labute approximate surface area is 144 Å². The zero-order valence-corrected chi connectivity index (χ0v) is 14.1. The van der Waals surface area contributed by atoms with E-state index in [9.17, 15) is 4.79 Å². The number of carboxylic acid groups (broad SMARTS) is 1. The number of benzene rings is 2. The van der Waals surface area contributed by atoms with E-state index in [0.29, 0.717) is 21.7 Å². The van der Waals surface area contributed by atoms with Crippen molar-refractivity contribution < 1.29 is 14.3 Å². The van der Waals surface area contributed by atoms with Crippen LogP contribution in [0.15, 0.2) is 51.9 Å².